The number of carbonyl (C=O) groups is 2. The number of rotatable bonds is 4. The van der Waals surface area contributed by atoms with Crippen molar-refractivity contribution in [3.05, 3.63) is 61.2 Å². The van der Waals surface area contributed by atoms with Crippen LogP contribution in [0.4, 0.5) is 25.3 Å². The molecule has 0 unspecified atom stereocenters. The molecule has 0 saturated carbocycles. The van der Waals surface area contributed by atoms with Crippen molar-refractivity contribution in [2.24, 2.45) is 0 Å². The number of benzene rings is 2. The zero-order valence-electron chi connectivity index (χ0n) is 16.3. The van der Waals surface area contributed by atoms with Crippen LogP contribution in [0.2, 0.25) is 0 Å². The number of halogens is 3. The van der Waals surface area contributed by atoms with Crippen molar-refractivity contribution in [1.29, 1.82) is 0 Å². The zero-order chi connectivity index (χ0) is 22.3. The number of nitrogens with zero attached hydrogens (tertiary/aromatic N) is 3. The summed E-state index contributed by atoms with van der Waals surface area (Å²) in [5.74, 6) is -4.44. The Bertz CT molecular complexity index is 1220. The Hall–Kier alpha value is -2.67. The number of aryl methyl sites for hydroxylation is 2. The first-order valence-corrected chi connectivity index (χ1v) is 11.1. The van der Waals surface area contributed by atoms with Gasteiger partial charge in [-0.2, -0.15) is 0 Å². The van der Waals surface area contributed by atoms with Crippen molar-refractivity contribution >= 4 is 62.3 Å². The SMILES string of the molecule is CCc1nnc(NC(=O)c2cc3c(c(F)c2F)N(c2ccc(I)cc2C)COC3=O)s1. The molecule has 1 N–H and O–H groups in total. The summed E-state index contributed by atoms with van der Waals surface area (Å²) in [6.07, 6.45) is 0.620. The minimum atomic E-state index is -1.36. The highest BCUT2D eigenvalue weighted by atomic mass is 127. The van der Waals surface area contributed by atoms with Crippen LogP contribution in [0.1, 0.15) is 38.2 Å². The first-order valence-electron chi connectivity index (χ1n) is 9.16. The van der Waals surface area contributed by atoms with E-state index in [9.17, 15) is 14.0 Å². The number of esters is 1. The van der Waals surface area contributed by atoms with Crippen LogP contribution in [-0.4, -0.2) is 28.8 Å². The van der Waals surface area contributed by atoms with Crippen molar-refractivity contribution < 1.29 is 23.1 Å². The van der Waals surface area contributed by atoms with Crippen molar-refractivity contribution in [2.45, 2.75) is 20.3 Å². The van der Waals surface area contributed by atoms with Gasteiger partial charge in [-0.25, -0.2) is 13.6 Å². The molecule has 7 nitrogen and oxygen atoms in total. The highest BCUT2D eigenvalue weighted by Crippen LogP contribution is 2.39. The van der Waals surface area contributed by atoms with E-state index >= 15 is 4.39 Å². The van der Waals surface area contributed by atoms with Crippen LogP contribution >= 0.6 is 33.9 Å². The lowest BCUT2D eigenvalue weighted by molar-refractivity contribution is 0.0491. The summed E-state index contributed by atoms with van der Waals surface area (Å²) < 4.78 is 36.3. The lowest BCUT2D eigenvalue weighted by Gasteiger charge is -2.32. The van der Waals surface area contributed by atoms with E-state index < -0.39 is 29.1 Å². The number of anilines is 3. The summed E-state index contributed by atoms with van der Waals surface area (Å²) >= 11 is 3.27. The Morgan fingerprint density at radius 3 is 2.74 bits per heavy atom. The molecule has 0 aliphatic carbocycles. The predicted octanol–water partition coefficient (Wildman–Crippen LogP) is 4.81. The van der Waals surface area contributed by atoms with Gasteiger partial charge in [-0.05, 0) is 65.8 Å². The quantitative estimate of drug-likeness (QED) is 0.367. The number of ether oxygens (including phenoxy) is 1. The number of carbonyl (C=O) groups excluding carboxylic acids is 2. The smallest absolute Gasteiger partial charge is 0.342 e. The first-order chi connectivity index (χ1) is 14.8. The minimum Gasteiger partial charge on any atom is -0.440 e. The van der Waals surface area contributed by atoms with Gasteiger partial charge < -0.3 is 9.64 Å². The molecule has 0 bridgehead atoms. The number of cyclic esters (lactones) is 1. The molecular formula is C20H15F2IN4O3S. The Labute approximate surface area is 193 Å². The highest BCUT2D eigenvalue weighted by molar-refractivity contribution is 14.1. The first kappa shape index (κ1) is 21.6. The molecule has 1 aromatic heterocycles. The summed E-state index contributed by atoms with van der Waals surface area (Å²) in [5.41, 5.74) is 0.229. The van der Waals surface area contributed by atoms with Gasteiger partial charge in [0.05, 0.1) is 16.8 Å². The molecule has 0 radical (unpaired) electrons. The maximum Gasteiger partial charge on any atom is 0.342 e. The number of hydrogen-bond donors (Lipinski definition) is 1. The fourth-order valence-electron chi connectivity index (χ4n) is 3.19. The average Bonchev–Trinajstić information content (AvgIpc) is 3.19. The van der Waals surface area contributed by atoms with Crippen LogP contribution in [0.5, 0.6) is 0 Å². The molecule has 160 valence electrons. The van der Waals surface area contributed by atoms with E-state index in [4.69, 9.17) is 4.74 Å². The Morgan fingerprint density at radius 2 is 2.06 bits per heavy atom. The molecule has 11 heteroatoms. The summed E-state index contributed by atoms with van der Waals surface area (Å²) in [6.45, 7) is 3.41. The predicted molar refractivity (Wildman–Crippen MR) is 120 cm³/mol. The number of amides is 1. The van der Waals surface area contributed by atoms with Crippen LogP contribution in [0.15, 0.2) is 24.3 Å². The number of aromatic nitrogens is 2. The van der Waals surface area contributed by atoms with Gasteiger partial charge in [0.2, 0.25) is 5.13 Å². The standard InChI is InChI=1S/C20H15F2IN4O3S/c1-3-14-25-26-20(31-14)24-18(28)11-7-12-17(16(22)15(11)21)27(8-30-19(12)29)13-5-4-10(23)6-9(13)2/h4-7H,3,8H2,1-2H3,(H,24,26,28). The molecule has 1 aliphatic rings. The lowest BCUT2D eigenvalue weighted by Crippen LogP contribution is -2.33. The second-order valence-corrected chi connectivity index (χ2v) is 8.98. The van der Waals surface area contributed by atoms with Gasteiger partial charge >= 0.3 is 5.97 Å². The van der Waals surface area contributed by atoms with E-state index in [0.717, 1.165) is 26.5 Å². The third kappa shape index (κ3) is 3.99. The van der Waals surface area contributed by atoms with Gasteiger partial charge in [0, 0.05) is 9.26 Å². The molecule has 0 atom stereocenters. The van der Waals surface area contributed by atoms with E-state index in [1.165, 1.54) is 4.90 Å². The fraction of sp³-hybridized carbons (Fsp3) is 0.200. The summed E-state index contributed by atoms with van der Waals surface area (Å²) in [4.78, 5) is 26.3. The molecule has 1 aliphatic heterocycles. The molecule has 3 aromatic rings. The zero-order valence-corrected chi connectivity index (χ0v) is 19.3. The topological polar surface area (TPSA) is 84.4 Å². The van der Waals surface area contributed by atoms with Crippen LogP contribution in [-0.2, 0) is 11.2 Å². The van der Waals surface area contributed by atoms with Crippen LogP contribution in [0.25, 0.3) is 0 Å². The average molecular weight is 556 g/mol. The van der Waals surface area contributed by atoms with Crippen molar-refractivity contribution in [2.75, 3.05) is 16.9 Å². The maximum atomic E-state index is 15.2. The number of fused-ring (bicyclic) bond motifs is 1. The summed E-state index contributed by atoms with van der Waals surface area (Å²) in [7, 11) is 0. The Kier molecular flexibility index (Phi) is 5.88. The van der Waals surface area contributed by atoms with E-state index in [-0.39, 0.29) is 23.1 Å². The van der Waals surface area contributed by atoms with E-state index in [1.807, 2.05) is 26.0 Å². The van der Waals surface area contributed by atoms with Crippen LogP contribution < -0.4 is 10.2 Å². The molecule has 2 heterocycles. The van der Waals surface area contributed by atoms with Crippen LogP contribution in [0.3, 0.4) is 0 Å². The summed E-state index contributed by atoms with van der Waals surface area (Å²) in [5, 5.41) is 10.9. The molecule has 2 aromatic carbocycles. The molecule has 0 fully saturated rings. The second kappa shape index (κ2) is 8.46. The Morgan fingerprint density at radius 1 is 1.29 bits per heavy atom. The van der Waals surface area contributed by atoms with Gasteiger partial charge in [0.25, 0.3) is 5.91 Å². The second-order valence-electron chi connectivity index (χ2n) is 6.68. The normalized spacial score (nSPS) is 13.1. The summed E-state index contributed by atoms with van der Waals surface area (Å²) in [6, 6.07) is 6.41. The molecule has 4 rings (SSSR count). The van der Waals surface area contributed by atoms with Gasteiger partial charge in [-0.1, -0.05) is 18.3 Å². The third-order valence-electron chi connectivity index (χ3n) is 4.68. The largest absolute Gasteiger partial charge is 0.440 e. The molecule has 1 amide bonds. The van der Waals surface area contributed by atoms with Crippen molar-refractivity contribution in [3.8, 4) is 0 Å². The maximum absolute atomic E-state index is 15.2. The monoisotopic (exact) mass is 556 g/mol. The third-order valence-corrected chi connectivity index (χ3v) is 6.33. The van der Waals surface area contributed by atoms with E-state index in [0.29, 0.717) is 17.1 Å². The Balaban J connectivity index is 1.77. The molecular weight excluding hydrogens is 541 g/mol. The molecule has 0 spiro atoms. The van der Waals surface area contributed by atoms with E-state index in [1.54, 1.807) is 6.07 Å². The fourth-order valence-corrected chi connectivity index (χ4v) is 4.51. The van der Waals surface area contributed by atoms with Crippen molar-refractivity contribution in [1.82, 2.24) is 10.2 Å². The lowest BCUT2D eigenvalue weighted by atomic mass is 10.0. The number of nitrogens with one attached hydrogen (secondary N) is 1. The highest BCUT2D eigenvalue weighted by Gasteiger charge is 2.34. The van der Waals surface area contributed by atoms with Gasteiger partial charge in [0.15, 0.2) is 18.4 Å². The van der Waals surface area contributed by atoms with Crippen molar-refractivity contribution in [3.63, 3.8) is 0 Å². The molecule has 31 heavy (non-hydrogen) atoms. The van der Waals surface area contributed by atoms with E-state index in [2.05, 4.69) is 38.1 Å². The van der Waals surface area contributed by atoms with Gasteiger partial charge in [0.1, 0.15) is 5.01 Å². The minimum absolute atomic E-state index is 0.151. The number of hydrogen-bond acceptors (Lipinski definition) is 7. The molecule has 0 saturated heterocycles. The van der Waals surface area contributed by atoms with Crippen LogP contribution in [0, 0.1) is 22.1 Å². The van der Waals surface area contributed by atoms with Gasteiger partial charge in [-0.15, -0.1) is 10.2 Å². The van der Waals surface area contributed by atoms with Gasteiger partial charge in [-0.3, -0.25) is 10.1 Å².